The molecule has 238 valence electrons. The van der Waals surface area contributed by atoms with Gasteiger partial charge in [0.05, 0.1) is 23.0 Å². The average Bonchev–Trinajstić information content (AvgIpc) is 3.57. The largest absolute Gasteiger partial charge is 0.444 e. The van der Waals surface area contributed by atoms with E-state index in [0.29, 0.717) is 56.6 Å². The number of hydrogen-bond acceptors (Lipinski definition) is 8. The van der Waals surface area contributed by atoms with Crippen molar-refractivity contribution in [3.8, 4) is 17.3 Å². The monoisotopic (exact) mass is 618 g/mol. The minimum Gasteiger partial charge on any atom is -0.444 e. The molecular weight excluding hydrogens is 579 g/mol. The zero-order chi connectivity index (χ0) is 32.6. The van der Waals surface area contributed by atoms with Crippen molar-refractivity contribution in [2.24, 2.45) is 7.05 Å². The first-order chi connectivity index (χ1) is 21.4. The van der Waals surface area contributed by atoms with E-state index in [0.717, 1.165) is 5.56 Å². The number of carbonyl (C=O) groups excluding carboxylic acids is 3. The lowest BCUT2D eigenvalue weighted by Crippen LogP contribution is -2.43. The molecule has 3 N–H and O–H groups in total. The number of nitriles is 1. The summed E-state index contributed by atoms with van der Waals surface area (Å²) in [5.74, 6) is -0.521. The first kappa shape index (κ1) is 32.9. The van der Waals surface area contributed by atoms with E-state index >= 15 is 0 Å². The van der Waals surface area contributed by atoms with Crippen LogP contribution in [0.2, 0.25) is 0 Å². The highest BCUT2D eigenvalue weighted by molar-refractivity contribution is 6.00. The van der Waals surface area contributed by atoms with Crippen LogP contribution in [0.4, 0.5) is 15.0 Å². The van der Waals surface area contributed by atoms with Crippen molar-refractivity contribution in [1.82, 2.24) is 30.3 Å². The van der Waals surface area contributed by atoms with Gasteiger partial charge in [-0.2, -0.15) is 10.4 Å². The SMILES string of the molecule is Cn1cc(-c2nc(NCCc3cccc(F)c3)c(C(=O)NC[C@H]3CCC(=O)N3CCCNC(=O)OC(C)(C)C)cc2C#N)cn1. The predicted octanol–water partition coefficient (Wildman–Crippen LogP) is 3.78. The molecule has 0 spiro atoms. The van der Waals surface area contributed by atoms with E-state index in [1.54, 1.807) is 55.9 Å². The van der Waals surface area contributed by atoms with E-state index in [1.165, 1.54) is 18.2 Å². The Bertz CT molecular complexity index is 1580. The maximum atomic E-state index is 13.7. The molecule has 1 aliphatic rings. The Morgan fingerprint density at radius 3 is 2.69 bits per heavy atom. The third kappa shape index (κ3) is 9.25. The zero-order valence-electron chi connectivity index (χ0n) is 26.0. The lowest BCUT2D eigenvalue weighted by molar-refractivity contribution is -0.128. The molecular formula is C32H39FN8O4. The number of nitrogens with one attached hydrogen (secondary N) is 3. The number of aryl methyl sites for hydroxylation is 1. The number of rotatable bonds is 12. The second kappa shape index (κ2) is 14.7. The molecule has 45 heavy (non-hydrogen) atoms. The molecule has 4 rings (SSSR count). The molecule has 0 saturated carbocycles. The van der Waals surface area contributed by atoms with E-state index < -0.39 is 17.6 Å². The number of carbonyl (C=O) groups is 3. The van der Waals surface area contributed by atoms with Gasteiger partial charge in [0, 0.05) is 57.4 Å². The maximum absolute atomic E-state index is 13.7. The molecule has 1 aromatic carbocycles. The minimum absolute atomic E-state index is 0.0134. The fourth-order valence-electron chi connectivity index (χ4n) is 5.06. The quantitative estimate of drug-likeness (QED) is 0.259. The van der Waals surface area contributed by atoms with Gasteiger partial charge in [0.2, 0.25) is 5.91 Å². The molecule has 13 heteroatoms. The molecule has 12 nitrogen and oxygen atoms in total. The van der Waals surface area contributed by atoms with Crippen molar-refractivity contribution in [2.45, 2.75) is 58.1 Å². The van der Waals surface area contributed by atoms with Gasteiger partial charge in [-0.25, -0.2) is 14.2 Å². The number of anilines is 1. The third-order valence-corrected chi connectivity index (χ3v) is 7.16. The number of hydrogen-bond donors (Lipinski definition) is 3. The van der Waals surface area contributed by atoms with Crippen LogP contribution in [0.3, 0.4) is 0 Å². The van der Waals surface area contributed by atoms with Crippen LogP contribution in [-0.4, -0.2) is 75.4 Å². The van der Waals surface area contributed by atoms with E-state index in [-0.39, 0.29) is 41.3 Å². The lowest BCUT2D eigenvalue weighted by atomic mass is 10.1. The number of halogens is 1. The molecule has 1 atom stereocenters. The predicted molar refractivity (Wildman–Crippen MR) is 166 cm³/mol. The highest BCUT2D eigenvalue weighted by atomic mass is 19.1. The Hall–Kier alpha value is -4.99. The topological polar surface area (TPSA) is 154 Å². The van der Waals surface area contributed by atoms with Gasteiger partial charge >= 0.3 is 6.09 Å². The van der Waals surface area contributed by atoms with Crippen LogP contribution in [-0.2, 0) is 23.0 Å². The minimum atomic E-state index is -0.600. The molecule has 3 aromatic rings. The first-order valence-corrected chi connectivity index (χ1v) is 14.9. The summed E-state index contributed by atoms with van der Waals surface area (Å²) >= 11 is 0. The van der Waals surface area contributed by atoms with Crippen LogP contribution in [0.15, 0.2) is 42.7 Å². The van der Waals surface area contributed by atoms with Crippen LogP contribution in [0.25, 0.3) is 11.3 Å². The van der Waals surface area contributed by atoms with Crippen molar-refractivity contribution >= 4 is 23.7 Å². The van der Waals surface area contributed by atoms with Crippen molar-refractivity contribution < 1.29 is 23.5 Å². The van der Waals surface area contributed by atoms with Gasteiger partial charge in [0.25, 0.3) is 5.91 Å². The highest BCUT2D eigenvalue weighted by Crippen LogP contribution is 2.26. The van der Waals surface area contributed by atoms with Crippen LogP contribution in [0, 0.1) is 17.1 Å². The lowest BCUT2D eigenvalue weighted by Gasteiger charge is -2.25. The summed E-state index contributed by atoms with van der Waals surface area (Å²) in [5.41, 5.74) is 1.56. The smallest absolute Gasteiger partial charge is 0.407 e. The highest BCUT2D eigenvalue weighted by Gasteiger charge is 2.31. The van der Waals surface area contributed by atoms with Gasteiger partial charge in [-0.05, 0) is 63.8 Å². The number of benzene rings is 1. The van der Waals surface area contributed by atoms with Gasteiger partial charge in [0.15, 0.2) is 0 Å². The van der Waals surface area contributed by atoms with Gasteiger partial charge in [0.1, 0.15) is 23.3 Å². The zero-order valence-corrected chi connectivity index (χ0v) is 26.0. The fraction of sp³-hybridized carbons (Fsp3) is 0.438. The molecule has 0 bridgehead atoms. The van der Waals surface area contributed by atoms with Crippen molar-refractivity contribution in [3.05, 3.63) is 65.2 Å². The second-order valence-corrected chi connectivity index (χ2v) is 11.9. The summed E-state index contributed by atoms with van der Waals surface area (Å²) < 4.78 is 20.5. The Morgan fingerprint density at radius 1 is 1.20 bits per heavy atom. The first-order valence-electron chi connectivity index (χ1n) is 14.9. The normalized spacial score (nSPS) is 14.6. The number of likely N-dealkylation sites (tertiary alicyclic amines) is 1. The van der Waals surface area contributed by atoms with E-state index in [1.807, 2.05) is 6.07 Å². The summed E-state index contributed by atoms with van der Waals surface area (Å²) in [5, 5.41) is 22.9. The summed E-state index contributed by atoms with van der Waals surface area (Å²) in [6.07, 6.45) is 4.76. The van der Waals surface area contributed by atoms with Crippen LogP contribution >= 0.6 is 0 Å². The van der Waals surface area contributed by atoms with Crippen LogP contribution in [0.1, 0.15) is 61.5 Å². The Labute approximate surface area is 262 Å². The number of alkyl carbamates (subject to hydrolysis) is 1. The standard InChI is InChI=1S/C32H39FN8O4/c1-32(2,3)45-31(44)36-12-6-14-41-25(9-10-27(41)42)19-37-30(43)26-16-22(17-34)28(23-18-38-40(4)20-23)39-29(26)35-13-11-21-7-5-8-24(33)15-21/h5,7-8,15-16,18,20,25H,6,9-14,19H2,1-4H3,(H,35,39)(H,36,44)(H,37,43)/t25-/m1/s1. The van der Waals surface area contributed by atoms with Crippen molar-refractivity contribution in [2.75, 3.05) is 31.5 Å². The molecule has 0 unspecified atom stereocenters. The number of amides is 3. The molecule has 0 aliphatic carbocycles. The molecule has 1 aliphatic heterocycles. The van der Waals surface area contributed by atoms with Crippen LogP contribution < -0.4 is 16.0 Å². The molecule has 3 amide bonds. The number of pyridine rings is 1. The summed E-state index contributed by atoms with van der Waals surface area (Å²) in [6, 6.07) is 9.69. The number of nitrogens with zero attached hydrogens (tertiary/aromatic N) is 5. The van der Waals surface area contributed by atoms with Crippen molar-refractivity contribution in [1.29, 1.82) is 5.26 Å². The molecule has 0 radical (unpaired) electrons. The number of aromatic nitrogens is 3. The van der Waals surface area contributed by atoms with Gasteiger partial charge < -0.3 is 25.6 Å². The van der Waals surface area contributed by atoms with Crippen LogP contribution in [0.5, 0.6) is 0 Å². The second-order valence-electron chi connectivity index (χ2n) is 11.9. The number of ether oxygens (including phenoxy) is 1. The maximum Gasteiger partial charge on any atom is 0.407 e. The van der Waals surface area contributed by atoms with E-state index in [2.05, 4.69) is 32.1 Å². The summed E-state index contributed by atoms with van der Waals surface area (Å²) in [6.45, 7) is 6.68. The Balaban J connectivity index is 1.44. The van der Waals surface area contributed by atoms with Crippen molar-refractivity contribution in [3.63, 3.8) is 0 Å². The summed E-state index contributed by atoms with van der Waals surface area (Å²) in [7, 11) is 1.75. The third-order valence-electron chi connectivity index (χ3n) is 7.16. The molecule has 3 heterocycles. The van der Waals surface area contributed by atoms with Gasteiger partial charge in [-0.1, -0.05) is 12.1 Å². The van der Waals surface area contributed by atoms with Gasteiger partial charge in [-0.15, -0.1) is 0 Å². The van der Waals surface area contributed by atoms with E-state index in [4.69, 9.17) is 4.74 Å². The summed E-state index contributed by atoms with van der Waals surface area (Å²) in [4.78, 5) is 44.4. The molecule has 1 saturated heterocycles. The Morgan fingerprint density at radius 2 is 2.00 bits per heavy atom. The van der Waals surface area contributed by atoms with E-state index in [9.17, 15) is 24.0 Å². The molecule has 1 fully saturated rings. The Kier molecular flexibility index (Phi) is 10.7. The average molecular weight is 619 g/mol. The van der Waals surface area contributed by atoms with Gasteiger partial charge in [-0.3, -0.25) is 14.3 Å². The fourth-order valence-corrected chi connectivity index (χ4v) is 5.06. The molecule has 2 aromatic heterocycles.